The first kappa shape index (κ1) is 31.1. The highest BCUT2D eigenvalue weighted by atomic mass is 16.2. The second kappa shape index (κ2) is 14.9. The molecule has 18 nitrogen and oxygen atoms in total. The molecule has 0 saturated carbocycles. The molecule has 0 unspecified atom stereocenters. The molecule has 4 heterocycles. The lowest BCUT2D eigenvalue weighted by Crippen LogP contribution is -2.59. The van der Waals surface area contributed by atoms with Crippen LogP contribution in [-0.4, -0.2) is 93.6 Å². The van der Waals surface area contributed by atoms with Crippen molar-refractivity contribution in [2.45, 2.75) is 56.8 Å². The molecule has 4 atom stereocenters. The summed E-state index contributed by atoms with van der Waals surface area (Å²) in [5, 5.41) is 10.5. The highest BCUT2D eigenvalue weighted by Gasteiger charge is 2.32. The standard InChI is InChI=1S/C26H33N13O5/c1-14(40)36-20(3-16-7-29-11-33-16)24(42)38-22(5-18-9-31-13-35-18)26(44)39-21(4-17-8-30-12-34-17)25(43)37-19(23(27)41)2-15-6-28-10-32-15/h6-13,19-22H,2-5H2,1H3,(H2,27,41)(H,28,32)(H,29,33)(H,30,34)(H,31,35)(H,36,40)(H,37,43)(H,38,42)(H,39,44)/t19-,20-,21-,22-/m0/s1. The van der Waals surface area contributed by atoms with Gasteiger partial charge in [0, 0.05) is 80.2 Å². The topological polar surface area (TPSA) is 274 Å². The summed E-state index contributed by atoms with van der Waals surface area (Å²) >= 11 is 0. The van der Waals surface area contributed by atoms with Gasteiger partial charge in [0.25, 0.3) is 0 Å². The monoisotopic (exact) mass is 607 g/mol. The Bertz CT molecular complexity index is 1500. The third kappa shape index (κ3) is 9.10. The van der Waals surface area contributed by atoms with E-state index in [4.69, 9.17) is 5.73 Å². The Morgan fingerprint density at radius 3 is 1.14 bits per heavy atom. The Hall–Kier alpha value is -5.81. The van der Waals surface area contributed by atoms with Crippen molar-refractivity contribution in [2.75, 3.05) is 0 Å². The summed E-state index contributed by atoms with van der Waals surface area (Å²) in [5.41, 5.74) is 7.74. The highest BCUT2D eigenvalue weighted by Crippen LogP contribution is 2.07. The van der Waals surface area contributed by atoms with Crippen LogP contribution in [0.25, 0.3) is 0 Å². The van der Waals surface area contributed by atoms with E-state index in [1.165, 1.54) is 57.0 Å². The van der Waals surface area contributed by atoms with Gasteiger partial charge in [-0.3, -0.25) is 24.0 Å². The lowest BCUT2D eigenvalue weighted by molar-refractivity contribution is -0.134. The summed E-state index contributed by atoms with van der Waals surface area (Å²) in [5.74, 6) is -3.28. The maximum absolute atomic E-state index is 13.7. The van der Waals surface area contributed by atoms with Gasteiger partial charge >= 0.3 is 0 Å². The minimum Gasteiger partial charge on any atom is -0.368 e. The van der Waals surface area contributed by atoms with Crippen molar-refractivity contribution in [3.63, 3.8) is 0 Å². The minimum absolute atomic E-state index is 0.0173. The van der Waals surface area contributed by atoms with E-state index < -0.39 is 53.7 Å². The van der Waals surface area contributed by atoms with Crippen LogP contribution in [0.15, 0.2) is 50.1 Å². The summed E-state index contributed by atoms with van der Waals surface area (Å²) < 4.78 is 0. The van der Waals surface area contributed by atoms with Crippen molar-refractivity contribution in [1.29, 1.82) is 0 Å². The number of aromatic amines is 4. The van der Waals surface area contributed by atoms with Gasteiger partial charge in [-0.1, -0.05) is 0 Å². The second-order valence-corrected chi connectivity index (χ2v) is 9.96. The van der Waals surface area contributed by atoms with Gasteiger partial charge in [0.2, 0.25) is 29.5 Å². The first-order valence-electron chi connectivity index (χ1n) is 13.5. The third-order valence-corrected chi connectivity index (χ3v) is 6.54. The maximum Gasteiger partial charge on any atom is 0.243 e. The lowest BCUT2D eigenvalue weighted by Gasteiger charge is -2.25. The number of H-pyrrole nitrogens is 4. The summed E-state index contributed by atoms with van der Waals surface area (Å²) in [6.07, 6.45) is 11.8. The molecule has 4 aromatic rings. The second-order valence-electron chi connectivity index (χ2n) is 9.96. The van der Waals surface area contributed by atoms with Crippen LogP contribution in [-0.2, 0) is 49.7 Å². The number of imidazole rings is 4. The Morgan fingerprint density at radius 1 is 0.568 bits per heavy atom. The molecule has 0 saturated heterocycles. The van der Waals surface area contributed by atoms with E-state index in [2.05, 4.69) is 61.1 Å². The van der Waals surface area contributed by atoms with Crippen LogP contribution in [0.2, 0.25) is 0 Å². The van der Waals surface area contributed by atoms with Crippen molar-refractivity contribution in [2.24, 2.45) is 5.73 Å². The van der Waals surface area contributed by atoms with Crippen LogP contribution in [0.4, 0.5) is 0 Å². The molecule has 0 aliphatic carbocycles. The van der Waals surface area contributed by atoms with Crippen molar-refractivity contribution in [3.05, 3.63) is 72.9 Å². The van der Waals surface area contributed by atoms with E-state index in [1.54, 1.807) is 0 Å². The number of carbonyl (C=O) groups is 5. The van der Waals surface area contributed by atoms with Gasteiger partial charge < -0.3 is 46.9 Å². The Labute approximate surface area is 250 Å². The molecule has 0 aromatic carbocycles. The summed E-state index contributed by atoms with van der Waals surface area (Å²) in [6, 6.07) is -4.54. The number of aromatic nitrogens is 8. The predicted octanol–water partition coefficient (Wildman–Crippen LogP) is -2.71. The van der Waals surface area contributed by atoms with E-state index in [1.807, 2.05) is 0 Å². The van der Waals surface area contributed by atoms with Crippen LogP contribution in [0, 0.1) is 0 Å². The zero-order valence-electron chi connectivity index (χ0n) is 23.7. The molecule has 5 amide bonds. The Balaban J connectivity index is 1.53. The number of nitrogens with two attached hydrogens (primary N) is 1. The van der Waals surface area contributed by atoms with Gasteiger partial charge in [0.15, 0.2) is 0 Å². The summed E-state index contributed by atoms with van der Waals surface area (Å²) in [6.45, 7) is 1.27. The number of hydrogen-bond acceptors (Lipinski definition) is 9. The number of primary amides is 1. The molecule has 0 bridgehead atoms. The number of nitrogens with zero attached hydrogens (tertiary/aromatic N) is 4. The average molecular weight is 608 g/mol. The van der Waals surface area contributed by atoms with E-state index in [-0.39, 0.29) is 25.7 Å². The molecule has 0 radical (unpaired) electrons. The van der Waals surface area contributed by atoms with E-state index in [0.29, 0.717) is 22.8 Å². The quantitative estimate of drug-likeness (QED) is 0.0639. The number of rotatable bonds is 16. The highest BCUT2D eigenvalue weighted by molar-refractivity contribution is 5.95. The summed E-state index contributed by atoms with van der Waals surface area (Å²) in [7, 11) is 0. The van der Waals surface area contributed by atoms with Crippen LogP contribution >= 0.6 is 0 Å². The van der Waals surface area contributed by atoms with E-state index in [9.17, 15) is 24.0 Å². The van der Waals surface area contributed by atoms with Gasteiger partial charge in [-0.25, -0.2) is 19.9 Å². The van der Waals surface area contributed by atoms with Crippen molar-refractivity contribution < 1.29 is 24.0 Å². The van der Waals surface area contributed by atoms with E-state index in [0.717, 1.165) is 0 Å². The van der Waals surface area contributed by atoms with Crippen LogP contribution in [0.3, 0.4) is 0 Å². The molecule has 0 aliphatic heterocycles. The average Bonchev–Trinajstić information content (AvgIpc) is 3.80. The zero-order valence-corrected chi connectivity index (χ0v) is 23.7. The summed E-state index contributed by atoms with van der Waals surface area (Å²) in [4.78, 5) is 91.8. The number of amides is 5. The molecule has 0 spiro atoms. The van der Waals surface area contributed by atoms with Gasteiger partial charge in [-0.05, 0) is 0 Å². The molecule has 18 heteroatoms. The fourth-order valence-corrected chi connectivity index (χ4v) is 4.38. The van der Waals surface area contributed by atoms with Gasteiger partial charge in [-0.2, -0.15) is 0 Å². The predicted molar refractivity (Wildman–Crippen MR) is 152 cm³/mol. The van der Waals surface area contributed by atoms with E-state index >= 15 is 0 Å². The molecule has 0 aliphatic rings. The molecule has 232 valence electrons. The van der Waals surface area contributed by atoms with Crippen LogP contribution < -0.4 is 27.0 Å². The molecule has 4 aromatic heterocycles. The first-order chi connectivity index (χ1) is 21.2. The first-order valence-corrected chi connectivity index (χ1v) is 13.5. The van der Waals surface area contributed by atoms with Gasteiger partial charge in [-0.15, -0.1) is 0 Å². The van der Waals surface area contributed by atoms with Crippen molar-refractivity contribution in [1.82, 2.24) is 61.1 Å². The maximum atomic E-state index is 13.7. The largest absolute Gasteiger partial charge is 0.368 e. The smallest absolute Gasteiger partial charge is 0.243 e. The van der Waals surface area contributed by atoms with Gasteiger partial charge in [0.05, 0.1) is 25.3 Å². The fourth-order valence-electron chi connectivity index (χ4n) is 4.38. The molecule has 4 rings (SSSR count). The number of nitrogens with one attached hydrogen (secondary N) is 8. The Morgan fingerprint density at radius 2 is 0.864 bits per heavy atom. The fraction of sp³-hybridized carbons (Fsp3) is 0.346. The lowest BCUT2D eigenvalue weighted by atomic mass is 10.1. The molecule has 44 heavy (non-hydrogen) atoms. The number of carbonyl (C=O) groups excluding carboxylic acids is 5. The molecular formula is C26H33N13O5. The van der Waals surface area contributed by atoms with Crippen molar-refractivity contribution in [3.8, 4) is 0 Å². The minimum atomic E-state index is -1.20. The van der Waals surface area contributed by atoms with Gasteiger partial charge in [0.1, 0.15) is 24.2 Å². The SMILES string of the molecule is CC(=O)N[C@@H](Cc1cnc[nH]1)C(=O)N[C@@H](Cc1cnc[nH]1)C(=O)N[C@@H](Cc1cnc[nH]1)C(=O)N[C@@H](Cc1cnc[nH]1)C(N)=O. The third-order valence-electron chi connectivity index (χ3n) is 6.54. The number of hydrogen-bond donors (Lipinski definition) is 9. The molecular weight excluding hydrogens is 574 g/mol. The molecule has 10 N–H and O–H groups in total. The molecule has 0 fully saturated rings. The van der Waals surface area contributed by atoms with Crippen molar-refractivity contribution >= 4 is 29.5 Å². The normalized spacial score (nSPS) is 13.7. The van der Waals surface area contributed by atoms with Crippen LogP contribution in [0.5, 0.6) is 0 Å². The van der Waals surface area contributed by atoms with Crippen LogP contribution in [0.1, 0.15) is 29.7 Å². The Kier molecular flexibility index (Phi) is 10.5. The zero-order chi connectivity index (χ0) is 31.5.